The molecule has 2 rings (SSSR count). The molecule has 1 aromatic heterocycles. The minimum Gasteiger partial charge on any atom is -0.325 e. The van der Waals surface area contributed by atoms with E-state index in [4.69, 9.17) is 5.73 Å². The first-order chi connectivity index (χ1) is 8.63. The Kier molecular flexibility index (Phi) is 3.93. The SMILES string of the molecule is C=C(C)Cn1nnc(CN)c1-c1ccccc1Br. The molecule has 4 nitrogen and oxygen atoms in total. The van der Waals surface area contributed by atoms with Crippen LogP contribution < -0.4 is 5.73 Å². The highest BCUT2D eigenvalue weighted by Crippen LogP contribution is 2.29. The van der Waals surface area contributed by atoms with Crippen molar-refractivity contribution in [3.05, 3.63) is 46.6 Å². The van der Waals surface area contributed by atoms with E-state index in [1.54, 1.807) is 0 Å². The Balaban J connectivity index is 2.57. The van der Waals surface area contributed by atoms with Gasteiger partial charge in [-0.3, -0.25) is 0 Å². The van der Waals surface area contributed by atoms with E-state index in [-0.39, 0.29) is 0 Å². The van der Waals surface area contributed by atoms with Crippen LogP contribution in [0.1, 0.15) is 12.6 Å². The number of benzene rings is 1. The lowest BCUT2D eigenvalue weighted by molar-refractivity contribution is 0.648. The third-order valence-corrected chi connectivity index (χ3v) is 3.24. The molecule has 0 saturated carbocycles. The van der Waals surface area contributed by atoms with Crippen molar-refractivity contribution in [3.63, 3.8) is 0 Å². The van der Waals surface area contributed by atoms with Gasteiger partial charge in [-0.1, -0.05) is 51.5 Å². The van der Waals surface area contributed by atoms with Crippen molar-refractivity contribution in [1.29, 1.82) is 0 Å². The standard InChI is InChI=1S/C13H15BrN4/c1-9(2)8-18-13(12(7-15)16-17-18)10-5-3-4-6-11(10)14/h3-6H,1,7-8,15H2,2H3. The predicted molar refractivity (Wildman–Crippen MR) is 75.9 cm³/mol. The Bertz CT molecular complexity index is 574. The van der Waals surface area contributed by atoms with Crippen LogP contribution in [0, 0.1) is 0 Å². The molecule has 0 unspecified atom stereocenters. The van der Waals surface area contributed by atoms with Crippen LogP contribution in [0.2, 0.25) is 0 Å². The molecule has 0 spiro atoms. The van der Waals surface area contributed by atoms with Crippen LogP contribution in [0.25, 0.3) is 11.3 Å². The summed E-state index contributed by atoms with van der Waals surface area (Å²) in [6, 6.07) is 7.98. The number of rotatable bonds is 4. The lowest BCUT2D eigenvalue weighted by Gasteiger charge is -2.09. The fraction of sp³-hybridized carbons (Fsp3) is 0.231. The Morgan fingerprint density at radius 3 is 2.78 bits per heavy atom. The number of hydrogen-bond acceptors (Lipinski definition) is 3. The van der Waals surface area contributed by atoms with Crippen molar-refractivity contribution < 1.29 is 0 Å². The first-order valence-corrected chi connectivity index (χ1v) is 6.44. The summed E-state index contributed by atoms with van der Waals surface area (Å²) in [4.78, 5) is 0. The van der Waals surface area contributed by atoms with Crippen molar-refractivity contribution >= 4 is 15.9 Å². The van der Waals surface area contributed by atoms with Crippen LogP contribution in [-0.4, -0.2) is 15.0 Å². The molecule has 0 aliphatic heterocycles. The predicted octanol–water partition coefficient (Wildman–Crippen LogP) is 2.74. The summed E-state index contributed by atoms with van der Waals surface area (Å²) in [5, 5.41) is 8.28. The van der Waals surface area contributed by atoms with Gasteiger partial charge in [0.2, 0.25) is 0 Å². The van der Waals surface area contributed by atoms with Gasteiger partial charge in [0.15, 0.2) is 0 Å². The van der Waals surface area contributed by atoms with E-state index in [0.717, 1.165) is 27.0 Å². The van der Waals surface area contributed by atoms with E-state index in [0.29, 0.717) is 13.1 Å². The highest BCUT2D eigenvalue weighted by atomic mass is 79.9. The molecule has 94 valence electrons. The summed E-state index contributed by atoms with van der Waals surface area (Å²) in [5.74, 6) is 0. The van der Waals surface area contributed by atoms with Gasteiger partial charge in [-0.25, -0.2) is 4.68 Å². The summed E-state index contributed by atoms with van der Waals surface area (Å²) in [5.41, 5.74) is 9.55. The molecule has 0 radical (unpaired) electrons. The molecular formula is C13H15BrN4. The van der Waals surface area contributed by atoms with Gasteiger partial charge < -0.3 is 5.73 Å². The molecule has 18 heavy (non-hydrogen) atoms. The molecule has 2 aromatic rings. The zero-order valence-electron chi connectivity index (χ0n) is 10.2. The van der Waals surface area contributed by atoms with Crippen molar-refractivity contribution in [2.45, 2.75) is 20.0 Å². The van der Waals surface area contributed by atoms with Crippen LogP contribution in [0.4, 0.5) is 0 Å². The van der Waals surface area contributed by atoms with E-state index in [1.165, 1.54) is 0 Å². The van der Waals surface area contributed by atoms with Crippen LogP contribution in [0.15, 0.2) is 40.9 Å². The van der Waals surface area contributed by atoms with Crippen molar-refractivity contribution in [1.82, 2.24) is 15.0 Å². The van der Waals surface area contributed by atoms with Gasteiger partial charge >= 0.3 is 0 Å². The molecule has 0 atom stereocenters. The summed E-state index contributed by atoms with van der Waals surface area (Å²) in [6.07, 6.45) is 0. The van der Waals surface area contributed by atoms with Crippen molar-refractivity contribution in [2.24, 2.45) is 5.73 Å². The van der Waals surface area contributed by atoms with Crippen LogP contribution in [-0.2, 0) is 13.1 Å². The fourth-order valence-electron chi connectivity index (χ4n) is 1.80. The molecule has 0 aliphatic carbocycles. The topological polar surface area (TPSA) is 56.7 Å². The van der Waals surface area contributed by atoms with E-state index in [1.807, 2.05) is 35.9 Å². The quantitative estimate of drug-likeness (QED) is 0.884. The number of allylic oxidation sites excluding steroid dienone is 1. The van der Waals surface area contributed by atoms with Crippen LogP contribution >= 0.6 is 15.9 Å². The van der Waals surface area contributed by atoms with Crippen LogP contribution in [0.5, 0.6) is 0 Å². The first kappa shape index (κ1) is 13.0. The van der Waals surface area contributed by atoms with Gasteiger partial charge in [-0.2, -0.15) is 0 Å². The molecule has 1 aromatic carbocycles. The first-order valence-electron chi connectivity index (χ1n) is 5.65. The van der Waals surface area contributed by atoms with Crippen molar-refractivity contribution in [3.8, 4) is 11.3 Å². The molecule has 5 heteroatoms. The highest BCUT2D eigenvalue weighted by Gasteiger charge is 2.15. The average molecular weight is 307 g/mol. The average Bonchev–Trinajstić information content (AvgIpc) is 2.72. The third kappa shape index (κ3) is 2.52. The van der Waals surface area contributed by atoms with Crippen LogP contribution in [0.3, 0.4) is 0 Å². The van der Waals surface area contributed by atoms with E-state index >= 15 is 0 Å². The summed E-state index contributed by atoms with van der Waals surface area (Å²) in [6.45, 7) is 6.89. The molecule has 0 amide bonds. The Morgan fingerprint density at radius 1 is 1.44 bits per heavy atom. The smallest absolute Gasteiger partial charge is 0.104 e. The van der Waals surface area contributed by atoms with Gasteiger partial charge in [-0.15, -0.1) is 5.10 Å². The second kappa shape index (κ2) is 5.46. The zero-order chi connectivity index (χ0) is 13.1. The van der Waals surface area contributed by atoms with Gasteiger partial charge in [-0.05, 0) is 13.0 Å². The Labute approximate surface area is 115 Å². The number of nitrogens with two attached hydrogens (primary N) is 1. The number of halogens is 1. The highest BCUT2D eigenvalue weighted by molar-refractivity contribution is 9.10. The second-order valence-corrected chi connectivity index (χ2v) is 5.04. The summed E-state index contributed by atoms with van der Waals surface area (Å²) < 4.78 is 2.84. The van der Waals surface area contributed by atoms with Crippen molar-refractivity contribution in [2.75, 3.05) is 0 Å². The monoisotopic (exact) mass is 306 g/mol. The number of nitrogens with zero attached hydrogens (tertiary/aromatic N) is 3. The van der Waals surface area contributed by atoms with E-state index in [9.17, 15) is 0 Å². The lowest BCUT2D eigenvalue weighted by atomic mass is 10.1. The molecule has 1 heterocycles. The molecule has 0 bridgehead atoms. The largest absolute Gasteiger partial charge is 0.325 e. The Morgan fingerprint density at radius 2 is 2.17 bits per heavy atom. The normalized spacial score (nSPS) is 10.6. The maximum atomic E-state index is 5.73. The lowest BCUT2D eigenvalue weighted by Crippen LogP contribution is -2.05. The van der Waals surface area contributed by atoms with Gasteiger partial charge in [0.1, 0.15) is 5.69 Å². The fourth-order valence-corrected chi connectivity index (χ4v) is 2.27. The molecule has 0 saturated heterocycles. The van der Waals surface area contributed by atoms with Gasteiger partial charge in [0.05, 0.1) is 12.2 Å². The molecule has 2 N–H and O–H groups in total. The summed E-state index contributed by atoms with van der Waals surface area (Å²) >= 11 is 3.55. The second-order valence-electron chi connectivity index (χ2n) is 4.18. The maximum Gasteiger partial charge on any atom is 0.104 e. The number of hydrogen-bond donors (Lipinski definition) is 1. The minimum atomic E-state index is 0.368. The zero-order valence-corrected chi connectivity index (χ0v) is 11.8. The van der Waals surface area contributed by atoms with Gasteiger partial charge in [0.25, 0.3) is 0 Å². The third-order valence-electron chi connectivity index (χ3n) is 2.55. The maximum absolute atomic E-state index is 5.73. The van der Waals surface area contributed by atoms with E-state index < -0.39 is 0 Å². The van der Waals surface area contributed by atoms with E-state index in [2.05, 4.69) is 32.8 Å². The summed E-state index contributed by atoms with van der Waals surface area (Å²) in [7, 11) is 0. The van der Waals surface area contributed by atoms with Gasteiger partial charge in [0, 0.05) is 16.6 Å². The molecular weight excluding hydrogens is 292 g/mol. The molecule has 0 aliphatic rings. The number of aromatic nitrogens is 3. The Hall–Kier alpha value is -1.46. The molecule has 0 fully saturated rings. The minimum absolute atomic E-state index is 0.368.